The fraction of sp³-hybridized carbons (Fsp3) is 0.600. The standard InChI is InChI=1S/C15H20S2/c1-10-8-9-12-14(16-10)11-6-4-5-7-13(11)17-15(12,2)3/h4-7,10,12,14H,8-9H2,1-3H3/t10-,12-,14+/m1/s1. The van der Waals surface area contributed by atoms with Gasteiger partial charge in [0.2, 0.25) is 0 Å². The summed E-state index contributed by atoms with van der Waals surface area (Å²) >= 11 is 4.29. The summed E-state index contributed by atoms with van der Waals surface area (Å²) in [4.78, 5) is 1.51. The van der Waals surface area contributed by atoms with E-state index in [1.54, 1.807) is 5.56 Å². The molecular formula is C15H20S2. The highest BCUT2D eigenvalue weighted by Gasteiger charge is 2.45. The van der Waals surface area contributed by atoms with Crippen LogP contribution in [0.1, 0.15) is 44.4 Å². The van der Waals surface area contributed by atoms with Crippen LogP contribution in [0.25, 0.3) is 0 Å². The molecule has 2 heteroatoms. The molecule has 3 atom stereocenters. The first-order valence-corrected chi connectivity index (χ1v) is 8.27. The van der Waals surface area contributed by atoms with Gasteiger partial charge in [0.25, 0.3) is 0 Å². The Morgan fingerprint density at radius 1 is 1.18 bits per heavy atom. The quantitative estimate of drug-likeness (QED) is 0.636. The molecule has 0 spiro atoms. The van der Waals surface area contributed by atoms with E-state index in [9.17, 15) is 0 Å². The van der Waals surface area contributed by atoms with Crippen molar-refractivity contribution >= 4 is 23.5 Å². The van der Waals surface area contributed by atoms with Crippen molar-refractivity contribution in [2.24, 2.45) is 5.92 Å². The van der Waals surface area contributed by atoms with Gasteiger partial charge in [-0.05, 0) is 30.4 Å². The molecular weight excluding hydrogens is 244 g/mol. The average Bonchev–Trinajstić information content (AvgIpc) is 2.28. The topological polar surface area (TPSA) is 0 Å². The lowest BCUT2D eigenvalue weighted by Gasteiger charge is -2.48. The molecule has 0 aromatic heterocycles. The van der Waals surface area contributed by atoms with Crippen LogP contribution >= 0.6 is 23.5 Å². The summed E-state index contributed by atoms with van der Waals surface area (Å²) < 4.78 is 0.395. The second-order valence-electron chi connectivity index (χ2n) is 5.79. The van der Waals surface area contributed by atoms with Crippen molar-refractivity contribution in [1.29, 1.82) is 0 Å². The third-order valence-electron chi connectivity index (χ3n) is 4.12. The lowest BCUT2D eigenvalue weighted by atomic mass is 9.83. The Bertz CT molecular complexity index is 425. The highest BCUT2D eigenvalue weighted by atomic mass is 32.2. The molecule has 0 bridgehead atoms. The van der Waals surface area contributed by atoms with Crippen LogP contribution in [0.3, 0.4) is 0 Å². The molecule has 0 amide bonds. The fourth-order valence-corrected chi connectivity index (χ4v) is 6.53. The van der Waals surface area contributed by atoms with Gasteiger partial charge in [0, 0.05) is 20.1 Å². The molecule has 1 fully saturated rings. The first-order chi connectivity index (χ1) is 8.08. The monoisotopic (exact) mass is 264 g/mol. The van der Waals surface area contributed by atoms with Crippen LogP contribution in [0.15, 0.2) is 29.2 Å². The maximum absolute atomic E-state index is 2.43. The third-order valence-corrected chi connectivity index (χ3v) is 7.12. The minimum absolute atomic E-state index is 0.395. The van der Waals surface area contributed by atoms with E-state index in [2.05, 4.69) is 68.6 Å². The molecule has 0 aliphatic carbocycles. The number of hydrogen-bond acceptors (Lipinski definition) is 2. The van der Waals surface area contributed by atoms with Gasteiger partial charge in [-0.3, -0.25) is 0 Å². The van der Waals surface area contributed by atoms with Crippen LogP contribution in [0.5, 0.6) is 0 Å². The molecule has 17 heavy (non-hydrogen) atoms. The van der Waals surface area contributed by atoms with Gasteiger partial charge >= 0.3 is 0 Å². The molecule has 0 radical (unpaired) electrons. The first-order valence-electron chi connectivity index (χ1n) is 6.51. The zero-order valence-corrected chi connectivity index (χ0v) is 12.4. The van der Waals surface area contributed by atoms with Gasteiger partial charge in [0.15, 0.2) is 0 Å². The van der Waals surface area contributed by atoms with Crippen molar-refractivity contribution < 1.29 is 0 Å². The average molecular weight is 264 g/mol. The minimum Gasteiger partial charge on any atom is -0.150 e. The molecule has 2 aliphatic rings. The Hall–Kier alpha value is -0.0800. The normalized spacial score (nSPS) is 34.9. The molecule has 0 N–H and O–H groups in total. The maximum Gasteiger partial charge on any atom is 0.0352 e. The second-order valence-corrected chi connectivity index (χ2v) is 9.08. The molecule has 3 rings (SSSR count). The summed E-state index contributed by atoms with van der Waals surface area (Å²) in [5, 5.41) is 1.55. The summed E-state index contributed by atoms with van der Waals surface area (Å²) in [5.74, 6) is 0.837. The molecule has 0 unspecified atom stereocenters. The lowest BCUT2D eigenvalue weighted by molar-refractivity contribution is 0.354. The molecule has 1 saturated heterocycles. The van der Waals surface area contributed by atoms with Crippen molar-refractivity contribution in [3.63, 3.8) is 0 Å². The Balaban J connectivity index is 2.05. The minimum atomic E-state index is 0.395. The van der Waals surface area contributed by atoms with Crippen LogP contribution < -0.4 is 0 Å². The van der Waals surface area contributed by atoms with E-state index in [1.165, 1.54) is 17.7 Å². The van der Waals surface area contributed by atoms with Gasteiger partial charge in [0.05, 0.1) is 0 Å². The number of benzene rings is 1. The Morgan fingerprint density at radius 3 is 2.76 bits per heavy atom. The summed E-state index contributed by atoms with van der Waals surface area (Å²) in [5.41, 5.74) is 1.60. The number of fused-ring (bicyclic) bond motifs is 3. The molecule has 92 valence electrons. The van der Waals surface area contributed by atoms with E-state index in [4.69, 9.17) is 0 Å². The van der Waals surface area contributed by atoms with Crippen LogP contribution in [0.2, 0.25) is 0 Å². The van der Waals surface area contributed by atoms with Crippen molar-refractivity contribution in [3.05, 3.63) is 29.8 Å². The molecule has 1 aromatic carbocycles. The maximum atomic E-state index is 2.43. The van der Waals surface area contributed by atoms with Crippen LogP contribution in [-0.2, 0) is 0 Å². The molecule has 2 aliphatic heterocycles. The van der Waals surface area contributed by atoms with Crippen molar-refractivity contribution in [1.82, 2.24) is 0 Å². The van der Waals surface area contributed by atoms with Gasteiger partial charge < -0.3 is 0 Å². The van der Waals surface area contributed by atoms with E-state index in [1.807, 2.05) is 0 Å². The Morgan fingerprint density at radius 2 is 1.94 bits per heavy atom. The number of thioether (sulfide) groups is 2. The third kappa shape index (κ3) is 2.04. The fourth-order valence-electron chi connectivity index (χ4n) is 3.15. The Kier molecular flexibility index (Phi) is 2.99. The predicted octanol–water partition coefficient (Wildman–Crippen LogP) is 5.14. The summed E-state index contributed by atoms with van der Waals surface area (Å²) in [7, 11) is 0. The van der Waals surface area contributed by atoms with Crippen LogP contribution in [0, 0.1) is 5.92 Å². The van der Waals surface area contributed by atoms with Gasteiger partial charge in [-0.25, -0.2) is 0 Å². The van der Waals surface area contributed by atoms with Crippen LogP contribution in [-0.4, -0.2) is 10.00 Å². The van der Waals surface area contributed by atoms with Crippen molar-refractivity contribution in [2.75, 3.05) is 0 Å². The number of rotatable bonds is 0. The smallest absolute Gasteiger partial charge is 0.0352 e. The highest BCUT2D eigenvalue weighted by molar-refractivity contribution is 8.02. The summed E-state index contributed by atoms with van der Waals surface area (Å²) in [6, 6.07) is 9.03. The van der Waals surface area contributed by atoms with Gasteiger partial charge in [-0.15, -0.1) is 11.8 Å². The predicted molar refractivity (Wildman–Crippen MR) is 78.9 cm³/mol. The van der Waals surface area contributed by atoms with Crippen molar-refractivity contribution in [3.8, 4) is 0 Å². The zero-order chi connectivity index (χ0) is 12.0. The zero-order valence-electron chi connectivity index (χ0n) is 10.8. The van der Waals surface area contributed by atoms with E-state index in [0.717, 1.165) is 16.4 Å². The van der Waals surface area contributed by atoms with Crippen molar-refractivity contribution in [2.45, 2.75) is 53.8 Å². The van der Waals surface area contributed by atoms with Gasteiger partial charge in [0.1, 0.15) is 0 Å². The Labute approximate surface area is 113 Å². The van der Waals surface area contributed by atoms with Gasteiger partial charge in [-0.2, -0.15) is 11.8 Å². The van der Waals surface area contributed by atoms with E-state index >= 15 is 0 Å². The van der Waals surface area contributed by atoms with Crippen LogP contribution in [0.4, 0.5) is 0 Å². The molecule has 1 aromatic rings. The highest BCUT2D eigenvalue weighted by Crippen LogP contribution is 2.60. The number of hydrogen-bond donors (Lipinski definition) is 0. The molecule has 2 heterocycles. The molecule has 0 saturated carbocycles. The van der Waals surface area contributed by atoms with E-state index in [0.29, 0.717) is 4.75 Å². The SMILES string of the molecule is C[C@@H]1CC[C@@H]2[C@@H](S1)c1ccccc1SC2(C)C. The summed E-state index contributed by atoms with van der Waals surface area (Å²) in [6.07, 6.45) is 2.78. The van der Waals surface area contributed by atoms with E-state index < -0.39 is 0 Å². The van der Waals surface area contributed by atoms with E-state index in [-0.39, 0.29) is 0 Å². The second kappa shape index (κ2) is 4.24. The lowest BCUT2D eigenvalue weighted by Crippen LogP contribution is -2.38. The first kappa shape index (κ1) is 12.0. The largest absolute Gasteiger partial charge is 0.150 e. The summed E-state index contributed by atoms with van der Waals surface area (Å²) in [6.45, 7) is 7.25. The molecule has 0 nitrogen and oxygen atoms in total. The van der Waals surface area contributed by atoms with Gasteiger partial charge in [-0.1, -0.05) is 39.0 Å².